The Labute approximate surface area is 121 Å². The zero-order chi connectivity index (χ0) is 14.5. The van der Waals surface area contributed by atoms with Crippen molar-refractivity contribution in [3.63, 3.8) is 0 Å². The molecule has 0 amide bonds. The Balaban J connectivity index is 2.20. The van der Waals surface area contributed by atoms with Gasteiger partial charge in [-0.05, 0) is 38.1 Å². The number of nitrogens with zero attached hydrogens (tertiary/aromatic N) is 2. The molecule has 0 saturated heterocycles. The van der Waals surface area contributed by atoms with E-state index in [4.69, 9.17) is 5.26 Å². The second-order valence-corrected chi connectivity index (χ2v) is 5.58. The summed E-state index contributed by atoms with van der Waals surface area (Å²) >= 11 is -1.41. The van der Waals surface area contributed by atoms with Crippen LogP contribution in [0.3, 0.4) is 0 Å². The van der Waals surface area contributed by atoms with Gasteiger partial charge in [-0.3, -0.25) is 0 Å². The maximum Gasteiger partial charge on any atom is 0.182 e. The van der Waals surface area contributed by atoms with Crippen molar-refractivity contribution in [2.75, 3.05) is 0 Å². The fraction of sp³-hybridized carbons (Fsp3) is 0.125. The molecule has 0 heterocycles. The molecule has 0 radical (unpaired) electrons. The van der Waals surface area contributed by atoms with Gasteiger partial charge < -0.3 is 4.55 Å². The standard InChI is InChI=1S/C16H14N2OS/c1-12-3-9-16(10-4-12)20(19)18-13(2)15-7-5-14(11-17)6-8-15/h3-10H,1-2H3/b18-13-. The first-order valence-corrected chi connectivity index (χ1v) is 7.25. The van der Waals surface area contributed by atoms with E-state index < -0.39 is 11.4 Å². The van der Waals surface area contributed by atoms with Crippen molar-refractivity contribution >= 4 is 17.1 Å². The van der Waals surface area contributed by atoms with Crippen LogP contribution in [0.1, 0.15) is 23.6 Å². The van der Waals surface area contributed by atoms with Gasteiger partial charge in [-0.1, -0.05) is 34.2 Å². The molecule has 0 aliphatic rings. The van der Waals surface area contributed by atoms with Gasteiger partial charge in [0.05, 0.1) is 17.3 Å². The summed E-state index contributed by atoms with van der Waals surface area (Å²) in [4.78, 5) is 0.684. The minimum atomic E-state index is -1.41. The lowest BCUT2D eigenvalue weighted by atomic mass is 10.1. The van der Waals surface area contributed by atoms with Crippen molar-refractivity contribution in [2.45, 2.75) is 18.7 Å². The average Bonchev–Trinajstić information content (AvgIpc) is 2.48. The van der Waals surface area contributed by atoms with Gasteiger partial charge in [0.1, 0.15) is 11.4 Å². The molecule has 2 aromatic rings. The van der Waals surface area contributed by atoms with Crippen molar-refractivity contribution in [3.8, 4) is 6.07 Å². The Bertz CT molecular complexity index is 654. The number of hydrogen-bond acceptors (Lipinski definition) is 3. The molecule has 100 valence electrons. The Morgan fingerprint density at radius 2 is 1.70 bits per heavy atom. The molecule has 0 aliphatic carbocycles. The molecule has 0 bridgehead atoms. The van der Waals surface area contributed by atoms with E-state index in [9.17, 15) is 4.55 Å². The SMILES string of the molecule is C/C(=N/[S+]([O-])c1ccc(C)cc1)c1ccc(C#N)cc1. The molecule has 0 saturated carbocycles. The van der Waals surface area contributed by atoms with E-state index in [0.29, 0.717) is 16.2 Å². The number of nitriles is 1. The van der Waals surface area contributed by atoms with Crippen LogP contribution in [0.25, 0.3) is 0 Å². The first-order valence-electron chi connectivity index (χ1n) is 6.14. The van der Waals surface area contributed by atoms with Crippen LogP contribution in [-0.4, -0.2) is 10.3 Å². The third-order valence-corrected chi connectivity index (χ3v) is 3.99. The van der Waals surface area contributed by atoms with Crippen molar-refractivity contribution in [1.29, 1.82) is 5.26 Å². The molecule has 1 unspecified atom stereocenters. The lowest BCUT2D eigenvalue weighted by Crippen LogP contribution is -2.03. The number of rotatable bonds is 3. The summed E-state index contributed by atoms with van der Waals surface area (Å²) in [6.07, 6.45) is 0. The van der Waals surface area contributed by atoms with Gasteiger partial charge in [0.15, 0.2) is 4.90 Å². The molecule has 0 spiro atoms. The highest BCUT2D eigenvalue weighted by Crippen LogP contribution is 2.15. The highest BCUT2D eigenvalue weighted by molar-refractivity contribution is 7.90. The Morgan fingerprint density at radius 1 is 1.10 bits per heavy atom. The average molecular weight is 282 g/mol. The maximum absolute atomic E-state index is 12.1. The zero-order valence-corrected chi connectivity index (χ0v) is 12.1. The third kappa shape index (κ3) is 3.47. The summed E-state index contributed by atoms with van der Waals surface area (Å²) < 4.78 is 16.3. The summed E-state index contributed by atoms with van der Waals surface area (Å²) in [5.74, 6) is 0. The fourth-order valence-corrected chi connectivity index (χ4v) is 2.50. The lowest BCUT2D eigenvalue weighted by Gasteiger charge is -2.05. The monoisotopic (exact) mass is 282 g/mol. The molecule has 0 aliphatic heterocycles. The quantitative estimate of drug-likeness (QED) is 0.640. The van der Waals surface area contributed by atoms with E-state index in [1.54, 1.807) is 12.1 Å². The van der Waals surface area contributed by atoms with E-state index in [-0.39, 0.29) is 0 Å². The smallest absolute Gasteiger partial charge is 0.182 e. The van der Waals surface area contributed by atoms with E-state index >= 15 is 0 Å². The first kappa shape index (κ1) is 14.3. The lowest BCUT2D eigenvalue weighted by molar-refractivity contribution is 0.597. The largest absolute Gasteiger partial charge is 0.586 e. The molecule has 1 atom stereocenters. The zero-order valence-electron chi connectivity index (χ0n) is 11.3. The summed E-state index contributed by atoms with van der Waals surface area (Å²) in [5.41, 5.74) is 3.28. The minimum Gasteiger partial charge on any atom is -0.586 e. The maximum atomic E-state index is 12.1. The molecule has 2 rings (SSSR count). The van der Waals surface area contributed by atoms with Crippen LogP contribution in [-0.2, 0) is 11.4 Å². The normalized spacial score (nSPS) is 12.8. The van der Waals surface area contributed by atoms with Crippen molar-refractivity contribution in [1.82, 2.24) is 0 Å². The van der Waals surface area contributed by atoms with Gasteiger partial charge in [0.2, 0.25) is 0 Å². The molecule has 0 aromatic heterocycles. The van der Waals surface area contributed by atoms with E-state index in [1.807, 2.05) is 50.2 Å². The van der Waals surface area contributed by atoms with Gasteiger partial charge in [0.25, 0.3) is 0 Å². The van der Waals surface area contributed by atoms with Crippen LogP contribution >= 0.6 is 0 Å². The predicted molar refractivity (Wildman–Crippen MR) is 81.0 cm³/mol. The van der Waals surface area contributed by atoms with Crippen LogP contribution in [0.5, 0.6) is 0 Å². The summed E-state index contributed by atoms with van der Waals surface area (Å²) in [5, 5.41) is 8.75. The summed E-state index contributed by atoms with van der Waals surface area (Å²) in [7, 11) is 0. The predicted octanol–water partition coefficient (Wildman–Crippen LogP) is 3.40. The van der Waals surface area contributed by atoms with E-state index in [2.05, 4.69) is 10.5 Å². The number of aryl methyl sites for hydroxylation is 1. The van der Waals surface area contributed by atoms with Crippen LogP contribution in [0.4, 0.5) is 0 Å². The third-order valence-electron chi connectivity index (χ3n) is 2.87. The van der Waals surface area contributed by atoms with Gasteiger partial charge in [-0.2, -0.15) is 5.26 Å². The van der Waals surface area contributed by atoms with Crippen molar-refractivity contribution < 1.29 is 4.55 Å². The van der Waals surface area contributed by atoms with E-state index in [0.717, 1.165) is 11.1 Å². The van der Waals surface area contributed by atoms with Crippen LogP contribution in [0.15, 0.2) is 57.8 Å². The highest BCUT2D eigenvalue weighted by atomic mass is 32.2. The van der Waals surface area contributed by atoms with Crippen LogP contribution in [0.2, 0.25) is 0 Å². The highest BCUT2D eigenvalue weighted by Gasteiger charge is 2.11. The topological polar surface area (TPSA) is 59.2 Å². The molecule has 20 heavy (non-hydrogen) atoms. The molecule has 0 N–H and O–H groups in total. The molecule has 2 aromatic carbocycles. The minimum absolute atomic E-state index is 0.598. The molecule has 4 heteroatoms. The van der Waals surface area contributed by atoms with Gasteiger partial charge in [0, 0.05) is 5.56 Å². The van der Waals surface area contributed by atoms with Crippen LogP contribution in [0, 0.1) is 18.3 Å². The number of hydrogen-bond donors (Lipinski definition) is 0. The molecule has 3 nitrogen and oxygen atoms in total. The van der Waals surface area contributed by atoms with Gasteiger partial charge >= 0.3 is 0 Å². The van der Waals surface area contributed by atoms with Gasteiger partial charge in [-0.15, -0.1) is 0 Å². The van der Waals surface area contributed by atoms with Crippen molar-refractivity contribution in [3.05, 3.63) is 65.2 Å². The van der Waals surface area contributed by atoms with Crippen LogP contribution < -0.4 is 0 Å². The van der Waals surface area contributed by atoms with Crippen molar-refractivity contribution in [2.24, 2.45) is 4.40 Å². The Kier molecular flexibility index (Phi) is 4.57. The second kappa shape index (κ2) is 6.38. The molecule has 0 fully saturated rings. The Morgan fingerprint density at radius 3 is 2.25 bits per heavy atom. The Hall–Kier alpha value is -2.09. The van der Waals surface area contributed by atoms with Gasteiger partial charge in [-0.25, -0.2) is 0 Å². The number of benzene rings is 2. The summed E-state index contributed by atoms with van der Waals surface area (Å²) in [6, 6.07) is 16.6. The first-order chi connectivity index (χ1) is 9.60. The molecular formula is C16H14N2OS. The fourth-order valence-electron chi connectivity index (χ4n) is 1.67. The summed E-state index contributed by atoms with van der Waals surface area (Å²) in [6.45, 7) is 3.80. The molecular weight excluding hydrogens is 268 g/mol. The van der Waals surface area contributed by atoms with E-state index in [1.165, 1.54) is 0 Å². The second-order valence-electron chi connectivity index (χ2n) is 4.43.